The largest absolute Gasteiger partial charge is 0.392 e. The molecule has 114 valence electrons. The number of likely N-dealkylation sites (tertiary alicyclic amines) is 1. The second kappa shape index (κ2) is 7.36. The number of hydrogen-bond donors (Lipinski definition) is 2. The smallest absolute Gasteiger partial charge is 0.233 e. The van der Waals surface area contributed by atoms with Crippen molar-refractivity contribution in [2.75, 3.05) is 26.2 Å². The van der Waals surface area contributed by atoms with Crippen LogP contribution in [-0.4, -0.2) is 42.0 Å². The van der Waals surface area contributed by atoms with E-state index < -0.39 is 5.41 Å². The lowest BCUT2D eigenvalue weighted by Gasteiger charge is -2.30. The molecule has 5 heteroatoms. The molecule has 0 aromatic carbocycles. The summed E-state index contributed by atoms with van der Waals surface area (Å²) in [6.07, 6.45) is 8.68. The molecule has 2 fully saturated rings. The normalized spacial score (nSPS) is 23.2. The molecular formula is C15H27N3OS. The molecule has 0 bridgehead atoms. The van der Waals surface area contributed by atoms with E-state index in [1.54, 1.807) is 0 Å². The third-order valence-electron chi connectivity index (χ3n) is 4.78. The molecule has 1 amide bonds. The Balaban J connectivity index is 1.87. The Labute approximate surface area is 127 Å². The SMILES string of the molecule is NC(=S)C1(C(=O)NCCN2CCCC2)CCCCCC1. The summed E-state index contributed by atoms with van der Waals surface area (Å²) in [5.41, 5.74) is 5.34. The quantitative estimate of drug-likeness (QED) is 0.600. The fourth-order valence-corrected chi connectivity index (χ4v) is 3.72. The van der Waals surface area contributed by atoms with Crippen LogP contribution in [0.1, 0.15) is 51.4 Å². The highest BCUT2D eigenvalue weighted by atomic mass is 32.1. The van der Waals surface area contributed by atoms with Gasteiger partial charge in [0.05, 0.1) is 10.4 Å². The van der Waals surface area contributed by atoms with E-state index in [4.69, 9.17) is 18.0 Å². The minimum Gasteiger partial charge on any atom is -0.392 e. The summed E-state index contributed by atoms with van der Waals surface area (Å²) in [4.78, 5) is 15.4. The average Bonchev–Trinajstić information content (AvgIpc) is 2.80. The molecule has 0 unspecified atom stereocenters. The van der Waals surface area contributed by atoms with Gasteiger partial charge in [0.25, 0.3) is 0 Å². The van der Waals surface area contributed by atoms with Crippen LogP contribution in [0.5, 0.6) is 0 Å². The Morgan fingerprint density at radius 1 is 1.10 bits per heavy atom. The van der Waals surface area contributed by atoms with E-state index in [9.17, 15) is 4.79 Å². The van der Waals surface area contributed by atoms with Crippen molar-refractivity contribution in [1.29, 1.82) is 0 Å². The number of hydrogen-bond acceptors (Lipinski definition) is 3. The van der Waals surface area contributed by atoms with Crippen LogP contribution in [0.3, 0.4) is 0 Å². The van der Waals surface area contributed by atoms with Crippen LogP contribution < -0.4 is 11.1 Å². The number of thiocarbonyl (C=S) groups is 1. The van der Waals surface area contributed by atoms with E-state index in [-0.39, 0.29) is 5.91 Å². The first kappa shape index (κ1) is 15.7. The van der Waals surface area contributed by atoms with Crippen LogP contribution in [0.25, 0.3) is 0 Å². The molecule has 20 heavy (non-hydrogen) atoms. The van der Waals surface area contributed by atoms with Gasteiger partial charge in [0, 0.05) is 13.1 Å². The van der Waals surface area contributed by atoms with Gasteiger partial charge in [-0.3, -0.25) is 4.79 Å². The number of nitrogens with zero attached hydrogens (tertiary/aromatic N) is 1. The molecule has 2 rings (SSSR count). The maximum atomic E-state index is 12.6. The van der Waals surface area contributed by atoms with Gasteiger partial charge in [-0.2, -0.15) is 0 Å². The van der Waals surface area contributed by atoms with Gasteiger partial charge in [0.15, 0.2) is 0 Å². The van der Waals surface area contributed by atoms with Crippen LogP contribution in [0.15, 0.2) is 0 Å². The summed E-state index contributed by atoms with van der Waals surface area (Å²) in [5.74, 6) is 0.0612. The number of nitrogens with two attached hydrogens (primary N) is 1. The molecule has 1 heterocycles. The van der Waals surface area contributed by atoms with Crippen LogP contribution in [0.4, 0.5) is 0 Å². The number of carbonyl (C=O) groups is 1. The van der Waals surface area contributed by atoms with Crippen molar-refractivity contribution in [2.45, 2.75) is 51.4 Å². The Bertz CT molecular complexity index is 345. The molecular weight excluding hydrogens is 270 g/mol. The van der Waals surface area contributed by atoms with E-state index in [1.165, 1.54) is 25.7 Å². The highest BCUT2D eigenvalue weighted by molar-refractivity contribution is 7.80. The minimum atomic E-state index is -0.586. The maximum Gasteiger partial charge on any atom is 0.233 e. The molecule has 3 N–H and O–H groups in total. The Hall–Kier alpha value is -0.680. The number of carbonyl (C=O) groups excluding carboxylic acids is 1. The van der Waals surface area contributed by atoms with Crippen molar-refractivity contribution in [1.82, 2.24) is 10.2 Å². The highest BCUT2D eigenvalue weighted by Gasteiger charge is 2.41. The number of nitrogens with one attached hydrogen (secondary N) is 1. The summed E-state index contributed by atoms with van der Waals surface area (Å²) in [7, 11) is 0. The average molecular weight is 297 g/mol. The summed E-state index contributed by atoms with van der Waals surface area (Å²) >= 11 is 5.23. The van der Waals surface area contributed by atoms with Crippen molar-refractivity contribution in [3.05, 3.63) is 0 Å². The summed E-state index contributed by atoms with van der Waals surface area (Å²) in [6, 6.07) is 0. The van der Waals surface area contributed by atoms with Gasteiger partial charge < -0.3 is 16.0 Å². The predicted molar refractivity (Wildman–Crippen MR) is 85.6 cm³/mol. The molecule has 2 aliphatic rings. The van der Waals surface area contributed by atoms with Crippen molar-refractivity contribution >= 4 is 23.1 Å². The zero-order valence-electron chi connectivity index (χ0n) is 12.3. The molecule has 4 nitrogen and oxygen atoms in total. The second-order valence-electron chi connectivity index (χ2n) is 6.17. The van der Waals surface area contributed by atoms with Crippen LogP contribution in [-0.2, 0) is 4.79 Å². The Kier molecular flexibility index (Phi) is 5.78. The first-order valence-electron chi connectivity index (χ1n) is 7.96. The molecule has 1 aliphatic carbocycles. The van der Waals surface area contributed by atoms with Crippen LogP contribution in [0, 0.1) is 5.41 Å². The minimum absolute atomic E-state index is 0.0612. The van der Waals surface area contributed by atoms with Gasteiger partial charge in [-0.05, 0) is 38.8 Å². The van der Waals surface area contributed by atoms with Gasteiger partial charge in [-0.25, -0.2) is 0 Å². The van der Waals surface area contributed by atoms with Gasteiger partial charge in [0.2, 0.25) is 5.91 Å². The van der Waals surface area contributed by atoms with Gasteiger partial charge in [-0.15, -0.1) is 0 Å². The summed E-state index contributed by atoms with van der Waals surface area (Å²) in [6.45, 7) is 3.98. The predicted octanol–water partition coefficient (Wildman–Crippen LogP) is 1.83. The van der Waals surface area contributed by atoms with Gasteiger partial charge >= 0.3 is 0 Å². The van der Waals surface area contributed by atoms with Crippen molar-refractivity contribution < 1.29 is 4.79 Å². The van der Waals surface area contributed by atoms with Crippen molar-refractivity contribution in [3.63, 3.8) is 0 Å². The first-order valence-corrected chi connectivity index (χ1v) is 8.36. The van der Waals surface area contributed by atoms with Crippen molar-refractivity contribution in [3.8, 4) is 0 Å². The lowest BCUT2D eigenvalue weighted by molar-refractivity contribution is -0.128. The Morgan fingerprint density at radius 2 is 1.70 bits per heavy atom. The van der Waals surface area contributed by atoms with Gasteiger partial charge in [0.1, 0.15) is 0 Å². The zero-order chi connectivity index (χ0) is 14.4. The van der Waals surface area contributed by atoms with Gasteiger partial charge in [-0.1, -0.05) is 37.9 Å². The molecule has 0 aromatic rings. The molecule has 1 saturated heterocycles. The second-order valence-corrected chi connectivity index (χ2v) is 6.61. The van der Waals surface area contributed by atoms with E-state index in [0.717, 1.165) is 45.3 Å². The van der Waals surface area contributed by atoms with Crippen molar-refractivity contribution in [2.24, 2.45) is 11.1 Å². The van der Waals surface area contributed by atoms with E-state index >= 15 is 0 Å². The fraction of sp³-hybridized carbons (Fsp3) is 0.867. The first-order chi connectivity index (χ1) is 9.65. The Morgan fingerprint density at radius 3 is 2.25 bits per heavy atom. The number of amides is 1. The lowest BCUT2D eigenvalue weighted by Crippen LogP contribution is -2.50. The topological polar surface area (TPSA) is 58.4 Å². The van der Waals surface area contributed by atoms with E-state index in [1.807, 2.05) is 0 Å². The zero-order valence-corrected chi connectivity index (χ0v) is 13.1. The van der Waals surface area contributed by atoms with Crippen LogP contribution >= 0.6 is 12.2 Å². The standard InChI is InChI=1S/C15H27N3OS/c16-13(20)15(7-3-1-2-4-8-15)14(19)17-9-12-18-10-5-6-11-18/h1-12H2,(H2,16,20)(H,17,19). The van der Waals surface area contributed by atoms with E-state index in [0.29, 0.717) is 11.5 Å². The fourth-order valence-electron chi connectivity index (χ4n) is 3.42. The molecule has 0 spiro atoms. The molecule has 1 aliphatic heterocycles. The molecule has 0 aromatic heterocycles. The third kappa shape index (κ3) is 3.70. The monoisotopic (exact) mass is 297 g/mol. The summed E-state index contributed by atoms with van der Waals surface area (Å²) < 4.78 is 0. The summed E-state index contributed by atoms with van der Waals surface area (Å²) in [5, 5.41) is 3.08. The molecule has 0 radical (unpaired) electrons. The van der Waals surface area contributed by atoms with E-state index in [2.05, 4.69) is 10.2 Å². The maximum absolute atomic E-state index is 12.6. The molecule has 1 saturated carbocycles. The number of rotatable bonds is 5. The lowest BCUT2D eigenvalue weighted by atomic mass is 9.79. The van der Waals surface area contributed by atoms with Crippen LogP contribution in [0.2, 0.25) is 0 Å². The molecule has 0 atom stereocenters. The highest BCUT2D eigenvalue weighted by Crippen LogP contribution is 2.35. The third-order valence-corrected chi connectivity index (χ3v) is 5.17.